The molecule has 2 aliphatic rings. The molecule has 3 atom stereocenters. The fourth-order valence-electron chi connectivity index (χ4n) is 3.80. The molecule has 3 heteroatoms. The van der Waals surface area contributed by atoms with Crippen LogP contribution in [0.5, 0.6) is 0 Å². The first-order chi connectivity index (χ1) is 9.74. The Morgan fingerprint density at radius 1 is 1.15 bits per heavy atom. The predicted octanol–water partition coefficient (Wildman–Crippen LogP) is 3.24. The van der Waals surface area contributed by atoms with Crippen LogP contribution < -0.4 is 10.6 Å². The summed E-state index contributed by atoms with van der Waals surface area (Å²) in [6, 6.07) is 0.577. The van der Waals surface area contributed by atoms with Crippen LogP contribution in [0.3, 0.4) is 0 Å². The van der Waals surface area contributed by atoms with Crippen molar-refractivity contribution in [2.45, 2.75) is 77.2 Å². The van der Waals surface area contributed by atoms with E-state index >= 15 is 0 Å². The fraction of sp³-hybridized carbons (Fsp3) is 0.941. The molecule has 1 saturated carbocycles. The summed E-state index contributed by atoms with van der Waals surface area (Å²) in [6.45, 7) is 4.38. The van der Waals surface area contributed by atoms with Gasteiger partial charge < -0.3 is 10.6 Å². The molecule has 0 spiro atoms. The lowest BCUT2D eigenvalue weighted by Gasteiger charge is -2.26. The van der Waals surface area contributed by atoms with E-state index in [0.29, 0.717) is 12.5 Å². The van der Waals surface area contributed by atoms with E-state index in [1.54, 1.807) is 0 Å². The van der Waals surface area contributed by atoms with E-state index in [0.717, 1.165) is 31.3 Å². The van der Waals surface area contributed by atoms with E-state index < -0.39 is 0 Å². The Morgan fingerprint density at radius 3 is 2.80 bits per heavy atom. The van der Waals surface area contributed by atoms with Gasteiger partial charge in [0.1, 0.15) is 0 Å². The summed E-state index contributed by atoms with van der Waals surface area (Å²) in [5.74, 6) is 1.99. The first-order valence-corrected chi connectivity index (χ1v) is 8.74. The highest BCUT2D eigenvalue weighted by Gasteiger charge is 2.19. The quantitative estimate of drug-likeness (QED) is 0.784. The Bertz CT molecular complexity index is 287. The van der Waals surface area contributed by atoms with E-state index in [-0.39, 0.29) is 5.91 Å². The van der Waals surface area contributed by atoms with Crippen LogP contribution in [-0.4, -0.2) is 25.0 Å². The number of piperidine rings is 1. The standard InChI is InChI=1S/C17H32N2O/c1-14-5-4-6-15(13-14)10-12-19-17(20)9-8-16-7-2-3-11-18-16/h14-16,18H,2-13H2,1H3,(H,19,20). The normalized spacial score (nSPS) is 30.9. The van der Waals surface area contributed by atoms with Crippen LogP contribution in [0.2, 0.25) is 0 Å². The summed E-state index contributed by atoms with van der Waals surface area (Å²) in [5, 5.41) is 6.62. The van der Waals surface area contributed by atoms with Crippen molar-refractivity contribution in [2.75, 3.05) is 13.1 Å². The van der Waals surface area contributed by atoms with Crippen LogP contribution in [0.4, 0.5) is 0 Å². The van der Waals surface area contributed by atoms with Gasteiger partial charge in [0.05, 0.1) is 0 Å². The maximum Gasteiger partial charge on any atom is 0.220 e. The minimum atomic E-state index is 0.251. The molecule has 3 unspecified atom stereocenters. The number of hydrogen-bond donors (Lipinski definition) is 2. The lowest BCUT2D eigenvalue weighted by molar-refractivity contribution is -0.121. The van der Waals surface area contributed by atoms with Gasteiger partial charge in [-0.15, -0.1) is 0 Å². The highest BCUT2D eigenvalue weighted by molar-refractivity contribution is 5.75. The largest absolute Gasteiger partial charge is 0.356 e. The lowest BCUT2D eigenvalue weighted by atomic mass is 9.81. The zero-order valence-electron chi connectivity index (χ0n) is 13.1. The van der Waals surface area contributed by atoms with Gasteiger partial charge in [0.2, 0.25) is 5.91 Å². The van der Waals surface area contributed by atoms with Crippen molar-refractivity contribution >= 4 is 5.91 Å². The van der Waals surface area contributed by atoms with Crippen molar-refractivity contribution in [3.05, 3.63) is 0 Å². The van der Waals surface area contributed by atoms with Gasteiger partial charge in [0, 0.05) is 19.0 Å². The Hall–Kier alpha value is -0.570. The molecule has 0 bridgehead atoms. The molecule has 2 fully saturated rings. The summed E-state index contributed by atoms with van der Waals surface area (Å²) in [5.41, 5.74) is 0. The molecule has 0 aromatic rings. The molecule has 20 heavy (non-hydrogen) atoms. The number of rotatable bonds is 6. The minimum absolute atomic E-state index is 0.251. The predicted molar refractivity (Wildman–Crippen MR) is 83.6 cm³/mol. The van der Waals surface area contributed by atoms with Crippen molar-refractivity contribution in [2.24, 2.45) is 11.8 Å². The molecule has 0 aromatic carbocycles. The Kier molecular flexibility index (Phi) is 6.85. The average molecular weight is 280 g/mol. The van der Waals surface area contributed by atoms with E-state index in [2.05, 4.69) is 17.6 Å². The summed E-state index contributed by atoms with van der Waals surface area (Å²) in [7, 11) is 0. The van der Waals surface area contributed by atoms with Crippen molar-refractivity contribution in [3.8, 4) is 0 Å². The molecule has 1 aliphatic carbocycles. The molecule has 1 aliphatic heterocycles. The van der Waals surface area contributed by atoms with Gasteiger partial charge >= 0.3 is 0 Å². The SMILES string of the molecule is CC1CCCC(CCNC(=O)CCC2CCCCN2)C1. The van der Waals surface area contributed by atoms with Gasteiger partial charge in [0.25, 0.3) is 0 Å². The van der Waals surface area contributed by atoms with Crippen LogP contribution in [0, 0.1) is 11.8 Å². The van der Waals surface area contributed by atoms with Crippen molar-refractivity contribution in [1.29, 1.82) is 0 Å². The second-order valence-corrected chi connectivity index (χ2v) is 6.96. The van der Waals surface area contributed by atoms with Crippen LogP contribution in [0.25, 0.3) is 0 Å². The van der Waals surface area contributed by atoms with E-state index in [4.69, 9.17) is 0 Å². The maximum absolute atomic E-state index is 11.9. The molecule has 1 saturated heterocycles. The average Bonchev–Trinajstić information content (AvgIpc) is 2.46. The van der Waals surface area contributed by atoms with Crippen molar-refractivity contribution in [1.82, 2.24) is 10.6 Å². The summed E-state index contributed by atoms with van der Waals surface area (Å²) >= 11 is 0. The first-order valence-electron chi connectivity index (χ1n) is 8.74. The van der Waals surface area contributed by atoms with Crippen LogP contribution in [-0.2, 0) is 4.79 Å². The van der Waals surface area contributed by atoms with E-state index in [1.165, 1.54) is 51.4 Å². The number of amides is 1. The smallest absolute Gasteiger partial charge is 0.220 e. The zero-order chi connectivity index (χ0) is 14.2. The van der Waals surface area contributed by atoms with Gasteiger partial charge in [-0.2, -0.15) is 0 Å². The highest BCUT2D eigenvalue weighted by atomic mass is 16.1. The minimum Gasteiger partial charge on any atom is -0.356 e. The van der Waals surface area contributed by atoms with Gasteiger partial charge in [-0.25, -0.2) is 0 Å². The van der Waals surface area contributed by atoms with Gasteiger partial charge in [-0.3, -0.25) is 4.79 Å². The summed E-state index contributed by atoms with van der Waals surface area (Å²) < 4.78 is 0. The lowest BCUT2D eigenvalue weighted by Crippen LogP contribution is -2.35. The van der Waals surface area contributed by atoms with Gasteiger partial charge in [-0.05, 0) is 50.5 Å². The topological polar surface area (TPSA) is 41.1 Å². The van der Waals surface area contributed by atoms with E-state index in [1.807, 2.05) is 0 Å². The summed E-state index contributed by atoms with van der Waals surface area (Å²) in [6.07, 6.45) is 12.2. The molecule has 2 N–H and O–H groups in total. The second-order valence-electron chi connectivity index (χ2n) is 6.96. The Balaban J connectivity index is 1.51. The number of hydrogen-bond acceptors (Lipinski definition) is 2. The molecule has 0 aromatic heterocycles. The third-order valence-corrected chi connectivity index (χ3v) is 5.05. The van der Waals surface area contributed by atoms with Crippen LogP contribution in [0.15, 0.2) is 0 Å². The Morgan fingerprint density at radius 2 is 2.05 bits per heavy atom. The van der Waals surface area contributed by atoms with Gasteiger partial charge in [0.15, 0.2) is 0 Å². The van der Waals surface area contributed by atoms with Crippen molar-refractivity contribution < 1.29 is 4.79 Å². The second kappa shape index (κ2) is 8.66. The molecular weight excluding hydrogens is 248 g/mol. The molecular formula is C17H32N2O. The van der Waals surface area contributed by atoms with Crippen LogP contribution in [0.1, 0.15) is 71.1 Å². The highest BCUT2D eigenvalue weighted by Crippen LogP contribution is 2.30. The molecule has 116 valence electrons. The van der Waals surface area contributed by atoms with E-state index in [9.17, 15) is 4.79 Å². The number of carbonyl (C=O) groups is 1. The fourth-order valence-corrected chi connectivity index (χ4v) is 3.80. The molecule has 3 nitrogen and oxygen atoms in total. The monoisotopic (exact) mass is 280 g/mol. The van der Waals surface area contributed by atoms with Crippen molar-refractivity contribution in [3.63, 3.8) is 0 Å². The number of nitrogens with one attached hydrogen (secondary N) is 2. The molecule has 1 heterocycles. The van der Waals surface area contributed by atoms with Crippen LogP contribution >= 0.6 is 0 Å². The number of carbonyl (C=O) groups excluding carboxylic acids is 1. The maximum atomic E-state index is 11.9. The Labute approximate surface area is 124 Å². The zero-order valence-corrected chi connectivity index (χ0v) is 13.1. The molecule has 1 amide bonds. The third kappa shape index (κ3) is 5.82. The molecule has 2 rings (SSSR count). The first kappa shape index (κ1) is 15.8. The third-order valence-electron chi connectivity index (χ3n) is 5.05. The van der Waals surface area contributed by atoms with Gasteiger partial charge in [-0.1, -0.05) is 32.6 Å². The summed E-state index contributed by atoms with van der Waals surface area (Å²) in [4.78, 5) is 11.9. The molecule has 0 radical (unpaired) electrons.